The predicted octanol–water partition coefficient (Wildman–Crippen LogP) is 2.64. The second-order valence-electron chi connectivity index (χ2n) is 4.71. The summed E-state index contributed by atoms with van der Waals surface area (Å²) in [5.41, 5.74) is 1.79. The van der Waals surface area contributed by atoms with Crippen LogP contribution in [0.3, 0.4) is 0 Å². The molecule has 0 unspecified atom stereocenters. The van der Waals surface area contributed by atoms with E-state index in [4.69, 9.17) is 21.1 Å². The van der Waals surface area contributed by atoms with E-state index >= 15 is 0 Å². The molecule has 1 aliphatic rings. The van der Waals surface area contributed by atoms with Gasteiger partial charge in [0.15, 0.2) is 0 Å². The van der Waals surface area contributed by atoms with Crippen LogP contribution in [0.15, 0.2) is 30.3 Å². The Morgan fingerprint density at radius 1 is 1.14 bits per heavy atom. The second-order valence-corrected chi connectivity index (χ2v) is 5.05. The van der Waals surface area contributed by atoms with E-state index in [0.717, 1.165) is 35.9 Å². The van der Waals surface area contributed by atoms with Gasteiger partial charge in [0.2, 0.25) is 5.28 Å². The van der Waals surface area contributed by atoms with Crippen molar-refractivity contribution in [2.45, 2.75) is 0 Å². The van der Waals surface area contributed by atoms with Gasteiger partial charge in [0.25, 0.3) is 0 Å². The molecule has 110 valence electrons. The van der Waals surface area contributed by atoms with E-state index in [1.54, 1.807) is 7.11 Å². The van der Waals surface area contributed by atoms with Crippen molar-refractivity contribution in [3.8, 4) is 17.0 Å². The summed E-state index contributed by atoms with van der Waals surface area (Å²) in [7, 11) is 1.65. The van der Waals surface area contributed by atoms with Gasteiger partial charge in [-0.2, -0.15) is 0 Å². The first-order valence-electron chi connectivity index (χ1n) is 6.78. The number of rotatable bonds is 3. The van der Waals surface area contributed by atoms with Crippen LogP contribution in [0.1, 0.15) is 0 Å². The smallest absolute Gasteiger partial charge is 0.224 e. The van der Waals surface area contributed by atoms with Crippen LogP contribution in [-0.4, -0.2) is 43.4 Å². The van der Waals surface area contributed by atoms with Crippen molar-refractivity contribution in [2.24, 2.45) is 0 Å². The topological polar surface area (TPSA) is 47.5 Å². The Bertz CT molecular complexity index is 613. The number of morpholine rings is 1. The molecule has 6 heteroatoms. The highest BCUT2D eigenvalue weighted by atomic mass is 35.5. The minimum atomic E-state index is 0.254. The first-order chi connectivity index (χ1) is 10.3. The largest absolute Gasteiger partial charge is 0.497 e. The van der Waals surface area contributed by atoms with Crippen LogP contribution < -0.4 is 9.64 Å². The Balaban J connectivity index is 1.92. The molecule has 0 spiro atoms. The number of ether oxygens (including phenoxy) is 2. The van der Waals surface area contributed by atoms with Gasteiger partial charge in [0, 0.05) is 24.7 Å². The van der Waals surface area contributed by atoms with Crippen molar-refractivity contribution >= 4 is 17.4 Å². The lowest BCUT2D eigenvalue weighted by Gasteiger charge is -2.28. The Hall–Kier alpha value is -1.85. The molecule has 0 saturated carbocycles. The number of aromatic nitrogens is 2. The molecular weight excluding hydrogens is 290 g/mol. The number of methoxy groups -OCH3 is 1. The minimum Gasteiger partial charge on any atom is -0.497 e. The van der Waals surface area contributed by atoms with Crippen molar-refractivity contribution < 1.29 is 9.47 Å². The SMILES string of the molecule is COc1ccc(-c2cc(N3CCOCC3)nc(Cl)n2)cc1. The zero-order chi connectivity index (χ0) is 14.7. The molecule has 2 aromatic rings. The zero-order valence-corrected chi connectivity index (χ0v) is 12.5. The van der Waals surface area contributed by atoms with Gasteiger partial charge < -0.3 is 14.4 Å². The summed E-state index contributed by atoms with van der Waals surface area (Å²) in [6.45, 7) is 3.05. The van der Waals surface area contributed by atoms with E-state index in [-0.39, 0.29) is 5.28 Å². The summed E-state index contributed by atoms with van der Waals surface area (Å²) >= 11 is 6.07. The first-order valence-corrected chi connectivity index (χ1v) is 7.16. The van der Waals surface area contributed by atoms with Crippen molar-refractivity contribution in [1.29, 1.82) is 0 Å². The average molecular weight is 306 g/mol. The lowest BCUT2D eigenvalue weighted by Crippen LogP contribution is -2.36. The van der Waals surface area contributed by atoms with Crippen LogP contribution in [0.2, 0.25) is 5.28 Å². The minimum absolute atomic E-state index is 0.254. The summed E-state index contributed by atoms with van der Waals surface area (Å²) in [5, 5.41) is 0.254. The van der Waals surface area contributed by atoms with Crippen LogP contribution in [0.25, 0.3) is 11.3 Å². The van der Waals surface area contributed by atoms with E-state index in [9.17, 15) is 0 Å². The normalized spacial score (nSPS) is 15.0. The van der Waals surface area contributed by atoms with Crippen molar-refractivity contribution in [3.05, 3.63) is 35.6 Å². The highest BCUT2D eigenvalue weighted by Crippen LogP contribution is 2.25. The third-order valence-corrected chi connectivity index (χ3v) is 3.58. The average Bonchev–Trinajstić information content (AvgIpc) is 2.55. The predicted molar refractivity (Wildman–Crippen MR) is 82.1 cm³/mol. The van der Waals surface area contributed by atoms with Crippen molar-refractivity contribution in [1.82, 2.24) is 9.97 Å². The fourth-order valence-electron chi connectivity index (χ4n) is 2.27. The summed E-state index contributed by atoms with van der Waals surface area (Å²) in [4.78, 5) is 10.8. The number of hydrogen-bond donors (Lipinski definition) is 0. The van der Waals surface area contributed by atoms with Gasteiger partial charge in [-0.15, -0.1) is 0 Å². The van der Waals surface area contributed by atoms with E-state index in [1.807, 2.05) is 30.3 Å². The molecule has 0 atom stereocenters. The second kappa shape index (κ2) is 6.28. The lowest BCUT2D eigenvalue weighted by atomic mass is 10.1. The van der Waals surface area contributed by atoms with Gasteiger partial charge in [0.1, 0.15) is 11.6 Å². The van der Waals surface area contributed by atoms with E-state index < -0.39 is 0 Å². The fourth-order valence-corrected chi connectivity index (χ4v) is 2.45. The van der Waals surface area contributed by atoms with Gasteiger partial charge in [-0.05, 0) is 35.9 Å². The maximum Gasteiger partial charge on any atom is 0.224 e. The van der Waals surface area contributed by atoms with Crippen LogP contribution >= 0.6 is 11.6 Å². The molecule has 2 heterocycles. The first kappa shape index (κ1) is 14.1. The number of hydrogen-bond acceptors (Lipinski definition) is 5. The molecule has 1 aliphatic heterocycles. The lowest BCUT2D eigenvalue weighted by molar-refractivity contribution is 0.122. The zero-order valence-electron chi connectivity index (χ0n) is 11.8. The number of nitrogens with zero attached hydrogens (tertiary/aromatic N) is 3. The number of halogens is 1. The third-order valence-electron chi connectivity index (χ3n) is 3.41. The summed E-state index contributed by atoms with van der Waals surface area (Å²) < 4.78 is 10.5. The van der Waals surface area contributed by atoms with Crippen molar-refractivity contribution in [3.63, 3.8) is 0 Å². The Morgan fingerprint density at radius 3 is 2.52 bits per heavy atom. The number of benzene rings is 1. The molecule has 1 fully saturated rings. The molecule has 0 radical (unpaired) electrons. The van der Waals surface area contributed by atoms with Crippen LogP contribution in [0.4, 0.5) is 5.82 Å². The third kappa shape index (κ3) is 3.25. The molecule has 1 aromatic carbocycles. The van der Waals surface area contributed by atoms with E-state index in [1.165, 1.54) is 0 Å². The van der Waals surface area contributed by atoms with E-state index in [2.05, 4.69) is 14.9 Å². The van der Waals surface area contributed by atoms with E-state index in [0.29, 0.717) is 13.2 Å². The van der Waals surface area contributed by atoms with Gasteiger partial charge >= 0.3 is 0 Å². The van der Waals surface area contributed by atoms with Crippen LogP contribution in [-0.2, 0) is 4.74 Å². The number of anilines is 1. The maximum absolute atomic E-state index is 6.07. The summed E-state index contributed by atoms with van der Waals surface area (Å²) in [6.07, 6.45) is 0. The molecule has 0 amide bonds. The van der Waals surface area contributed by atoms with Gasteiger partial charge in [-0.25, -0.2) is 9.97 Å². The van der Waals surface area contributed by atoms with Gasteiger partial charge in [-0.1, -0.05) is 0 Å². The maximum atomic E-state index is 6.07. The van der Waals surface area contributed by atoms with Gasteiger partial charge in [0.05, 0.1) is 26.0 Å². The Labute approximate surface area is 128 Å². The quantitative estimate of drug-likeness (QED) is 0.816. The molecule has 0 aliphatic carbocycles. The van der Waals surface area contributed by atoms with Crippen LogP contribution in [0, 0.1) is 0 Å². The fraction of sp³-hybridized carbons (Fsp3) is 0.333. The molecule has 1 saturated heterocycles. The standard InChI is InChI=1S/C15H16ClN3O2/c1-20-12-4-2-11(3-5-12)13-10-14(18-15(16)17-13)19-6-8-21-9-7-19/h2-5,10H,6-9H2,1H3. The summed E-state index contributed by atoms with van der Waals surface area (Å²) in [6, 6.07) is 9.68. The Kier molecular flexibility index (Phi) is 4.22. The molecule has 5 nitrogen and oxygen atoms in total. The Morgan fingerprint density at radius 2 is 1.86 bits per heavy atom. The molecular formula is C15H16ClN3O2. The molecule has 1 aromatic heterocycles. The molecule has 0 N–H and O–H groups in total. The molecule has 0 bridgehead atoms. The van der Waals surface area contributed by atoms with Gasteiger partial charge in [-0.3, -0.25) is 0 Å². The van der Waals surface area contributed by atoms with Crippen LogP contribution in [0.5, 0.6) is 5.75 Å². The monoisotopic (exact) mass is 305 g/mol. The summed E-state index contributed by atoms with van der Waals surface area (Å²) in [5.74, 6) is 1.65. The molecule has 3 rings (SSSR count). The van der Waals surface area contributed by atoms with Crippen molar-refractivity contribution in [2.75, 3.05) is 38.3 Å². The highest BCUT2D eigenvalue weighted by molar-refractivity contribution is 6.28. The highest BCUT2D eigenvalue weighted by Gasteiger charge is 2.15. The molecule has 21 heavy (non-hydrogen) atoms.